The molecule has 2 aromatic carbocycles. The fourth-order valence-electron chi connectivity index (χ4n) is 2.93. The van der Waals surface area contributed by atoms with Crippen molar-refractivity contribution in [3.63, 3.8) is 0 Å². The van der Waals surface area contributed by atoms with Crippen LogP contribution in [0.2, 0.25) is 5.02 Å². The highest BCUT2D eigenvalue weighted by atomic mass is 35.5. The minimum atomic E-state index is -3.79. The standard InChI is InChI=1S/C18H18ClFN2O3S/c19-15-8-4-3-7-14(15)18(23)21-17-10-9-13(11-16(17)20)26(24,25)22-12-5-1-2-6-12/h3-4,7-12,22H,1-2,5-6H2,(H,21,23). The van der Waals surface area contributed by atoms with Crippen molar-refractivity contribution in [2.45, 2.75) is 36.6 Å². The van der Waals surface area contributed by atoms with Crippen molar-refractivity contribution < 1.29 is 17.6 Å². The van der Waals surface area contributed by atoms with Gasteiger partial charge in [-0.3, -0.25) is 4.79 Å². The zero-order chi connectivity index (χ0) is 18.7. The summed E-state index contributed by atoms with van der Waals surface area (Å²) in [4.78, 5) is 12.0. The second-order valence-electron chi connectivity index (χ2n) is 6.18. The van der Waals surface area contributed by atoms with Gasteiger partial charge in [0.05, 0.1) is 21.2 Å². The Morgan fingerprint density at radius 3 is 2.46 bits per heavy atom. The maximum absolute atomic E-state index is 14.3. The van der Waals surface area contributed by atoms with Crippen LogP contribution in [0.5, 0.6) is 0 Å². The number of nitrogens with one attached hydrogen (secondary N) is 2. The van der Waals surface area contributed by atoms with E-state index in [1.54, 1.807) is 18.2 Å². The van der Waals surface area contributed by atoms with E-state index in [9.17, 15) is 17.6 Å². The molecule has 0 radical (unpaired) electrons. The summed E-state index contributed by atoms with van der Waals surface area (Å²) in [7, 11) is -3.79. The van der Waals surface area contributed by atoms with E-state index in [-0.39, 0.29) is 27.2 Å². The van der Waals surface area contributed by atoms with E-state index in [0.717, 1.165) is 31.7 Å². The van der Waals surface area contributed by atoms with Crippen molar-refractivity contribution in [1.82, 2.24) is 4.72 Å². The fourth-order valence-corrected chi connectivity index (χ4v) is 4.47. The minimum absolute atomic E-state index is 0.109. The Morgan fingerprint density at radius 2 is 1.81 bits per heavy atom. The van der Waals surface area contributed by atoms with Crippen molar-refractivity contribution in [2.75, 3.05) is 5.32 Å². The molecule has 0 saturated heterocycles. The van der Waals surface area contributed by atoms with Gasteiger partial charge < -0.3 is 5.32 Å². The van der Waals surface area contributed by atoms with Crippen LogP contribution in [-0.2, 0) is 10.0 Å². The van der Waals surface area contributed by atoms with Crippen LogP contribution >= 0.6 is 11.6 Å². The van der Waals surface area contributed by atoms with Crippen molar-refractivity contribution in [3.05, 3.63) is 58.9 Å². The van der Waals surface area contributed by atoms with Gasteiger partial charge in [0.2, 0.25) is 10.0 Å². The van der Waals surface area contributed by atoms with E-state index < -0.39 is 21.7 Å². The zero-order valence-electron chi connectivity index (χ0n) is 13.8. The van der Waals surface area contributed by atoms with Gasteiger partial charge in [-0.25, -0.2) is 17.5 Å². The van der Waals surface area contributed by atoms with E-state index in [1.165, 1.54) is 18.2 Å². The van der Waals surface area contributed by atoms with Gasteiger partial charge >= 0.3 is 0 Å². The quantitative estimate of drug-likeness (QED) is 0.803. The first kappa shape index (κ1) is 18.8. The first-order valence-corrected chi connectivity index (χ1v) is 10.1. The normalized spacial score (nSPS) is 15.2. The minimum Gasteiger partial charge on any atom is -0.319 e. The molecular weight excluding hydrogens is 379 g/mol. The highest BCUT2D eigenvalue weighted by Gasteiger charge is 2.24. The van der Waals surface area contributed by atoms with E-state index >= 15 is 0 Å². The highest BCUT2D eigenvalue weighted by Crippen LogP contribution is 2.24. The highest BCUT2D eigenvalue weighted by molar-refractivity contribution is 7.89. The number of carbonyl (C=O) groups is 1. The molecule has 0 unspecified atom stereocenters. The Balaban J connectivity index is 1.77. The third kappa shape index (κ3) is 4.23. The van der Waals surface area contributed by atoms with E-state index in [0.29, 0.717) is 0 Å². The number of halogens is 2. The molecule has 0 bridgehead atoms. The average Bonchev–Trinajstić information content (AvgIpc) is 3.09. The Labute approximate surface area is 156 Å². The van der Waals surface area contributed by atoms with Crippen LogP contribution in [0.25, 0.3) is 0 Å². The van der Waals surface area contributed by atoms with E-state index in [4.69, 9.17) is 11.6 Å². The Morgan fingerprint density at radius 1 is 1.12 bits per heavy atom. The fraction of sp³-hybridized carbons (Fsp3) is 0.278. The number of hydrogen-bond donors (Lipinski definition) is 2. The van der Waals surface area contributed by atoms with Gasteiger partial charge in [-0.1, -0.05) is 36.6 Å². The molecule has 1 aliphatic carbocycles. The SMILES string of the molecule is O=C(Nc1ccc(S(=O)(=O)NC2CCCC2)cc1F)c1ccccc1Cl. The molecule has 2 N–H and O–H groups in total. The third-order valence-corrected chi connectivity index (χ3v) is 6.14. The van der Waals surface area contributed by atoms with Crippen molar-refractivity contribution in [1.29, 1.82) is 0 Å². The number of amides is 1. The molecule has 0 atom stereocenters. The summed E-state index contributed by atoms with van der Waals surface area (Å²) in [6.45, 7) is 0. The van der Waals surface area contributed by atoms with Gasteiger partial charge in [-0.15, -0.1) is 0 Å². The predicted octanol–water partition coefficient (Wildman–Crippen LogP) is 3.95. The number of hydrogen-bond acceptors (Lipinski definition) is 3. The summed E-state index contributed by atoms with van der Waals surface area (Å²) < 4.78 is 41.6. The molecular formula is C18H18ClFN2O3S. The predicted molar refractivity (Wildman–Crippen MR) is 98.4 cm³/mol. The molecule has 5 nitrogen and oxygen atoms in total. The zero-order valence-corrected chi connectivity index (χ0v) is 15.4. The van der Waals surface area contributed by atoms with Gasteiger partial charge in [0.1, 0.15) is 5.82 Å². The number of sulfonamides is 1. The molecule has 0 spiro atoms. The molecule has 1 saturated carbocycles. The second kappa shape index (κ2) is 7.73. The first-order chi connectivity index (χ1) is 12.4. The molecule has 1 amide bonds. The van der Waals surface area contributed by atoms with Crippen LogP contribution in [0.15, 0.2) is 47.4 Å². The second-order valence-corrected chi connectivity index (χ2v) is 8.30. The maximum Gasteiger partial charge on any atom is 0.257 e. The Bertz CT molecular complexity index is 928. The lowest BCUT2D eigenvalue weighted by atomic mass is 10.2. The molecule has 2 aromatic rings. The van der Waals surface area contributed by atoms with Crippen LogP contribution in [0.3, 0.4) is 0 Å². The van der Waals surface area contributed by atoms with Crippen molar-refractivity contribution in [3.8, 4) is 0 Å². The summed E-state index contributed by atoms with van der Waals surface area (Å²) in [5.74, 6) is -1.41. The molecule has 0 heterocycles. The molecule has 3 rings (SSSR count). The van der Waals surface area contributed by atoms with Crippen LogP contribution in [0, 0.1) is 5.82 Å². The number of carbonyl (C=O) groups excluding carboxylic acids is 1. The lowest BCUT2D eigenvalue weighted by Crippen LogP contribution is -2.32. The van der Waals surface area contributed by atoms with Crippen molar-refractivity contribution in [2.24, 2.45) is 0 Å². The average molecular weight is 397 g/mol. The smallest absolute Gasteiger partial charge is 0.257 e. The summed E-state index contributed by atoms with van der Waals surface area (Å²) in [6.07, 6.45) is 3.53. The Hall–Kier alpha value is -1.96. The van der Waals surface area contributed by atoms with Gasteiger partial charge in [0, 0.05) is 6.04 Å². The molecule has 1 fully saturated rings. The summed E-state index contributed by atoms with van der Waals surface area (Å²) >= 11 is 5.95. The third-order valence-electron chi connectivity index (χ3n) is 4.29. The molecule has 1 aliphatic rings. The lowest BCUT2D eigenvalue weighted by Gasteiger charge is -2.13. The summed E-state index contributed by atoms with van der Waals surface area (Å²) in [5, 5.41) is 2.65. The van der Waals surface area contributed by atoms with Gasteiger partial charge in [-0.05, 0) is 43.2 Å². The van der Waals surface area contributed by atoms with E-state index in [2.05, 4.69) is 10.0 Å². The summed E-state index contributed by atoms with van der Waals surface area (Å²) in [5.41, 5.74) is 0.0860. The van der Waals surface area contributed by atoms with E-state index in [1.807, 2.05) is 0 Å². The lowest BCUT2D eigenvalue weighted by molar-refractivity contribution is 0.102. The van der Waals surface area contributed by atoms with Gasteiger partial charge in [0.25, 0.3) is 5.91 Å². The van der Waals surface area contributed by atoms with Gasteiger partial charge in [-0.2, -0.15) is 0 Å². The largest absolute Gasteiger partial charge is 0.319 e. The molecule has 0 aliphatic heterocycles. The molecule has 138 valence electrons. The number of rotatable bonds is 5. The van der Waals surface area contributed by atoms with Crippen LogP contribution in [0.1, 0.15) is 36.0 Å². The maximum atomic E-state index is 14.3. The van der Waals surface area contributed by atoms with Crippen LogP contribution in [0.4, 0.5) is 10.1 Å². The molecule has 8 heteroatoms. The van der Waals surface area contributed by atoms with Crippen LogP contribution < -0.4 is 10.0 Å². The molecule has 0 aromatic heterocycles. The van der Waals surface area contributed by atoms with Crippen LogP contribution in [-0.4, -0.2) is 20.4 Å². The Kier molecular flexibility index (Phi) is 5.60. The van der Waals surface area contributed by atoms with Crippen molar-refractivity contribution >= 4 is 33.2 Å². The van der Waals surface area contributed by atoms with Gasteiger partial charge in [0.15, 0.2) is 0 Å². The molecule has 26 heavy (non-hydrogen) atoms. The number of benzene rings is 2. The topological polar surface area (TPSA) is 75.3 Å². The monoisotopic (exact) mass is 396 g/mol. The summed E-state index contributed by atoms with van der Waals surface area (Å²) in [6, 6.07) is 9.67. The first-order valence-electron chi connectivity index (χ1n) is 8.24. The number of anilines is 1.